The summed E-state index contributed by atoms with van der Waals surface area (Å²) < 4.78 is 101. The zero-order valence-corrected chi connectivity index (χ0v) is 24.8. The lowest BCUT2D eigenvalue weighted by Crippen LogP contribution is -2.58. The molecule has 6 nitrogen and oxygen atoms in total. The molecule has 14 heteroatoms. The second-order valence-corrected chi connectivity index (χ2v) is 11.2. The molecular formula is C31H29ClF7N3O3. The highest BCUT2D eigenvalue weighted by molar-refractivity contribution is 6.30. The zero-order valence-electron chi connectivity index (χ0n) is 24.1. The Hall–Kier alpha value is -3.84. The predicted molar refractivity (Wildman–Crippen MR) is 152 cm³/mol. The van der Waals surface area contributed by atoms with Crippen molar-refractivity contribution in [3.8, 4) is 5.75 Å². The van der Waals surface area contributed by atoms with E-state index < -0.39 is 47.6 Å². The maximum Gasteiger partial charge on any atom is 0.416 e. The van der Waals surface area contributed by atoms with Gasteiger partial charge in [-0.05, 0) is 73.5 Å². The average molecular weight is 660 g/mol. The summed E-state index contributed by atoms with van der Waals surface area (Å²) >= 11 is 6.11. The van der Waals surface area contributed by atoms with E-state index in [-0.39, 0.29) is 40.6 Å². The van der Waals surface area contributed by atoms with Gasteiger partial charge in [-0.15, -0.1) is 0 Å². The van der Waals surface area contributed by atoms with Crippen LogP contribution in [0.4, 0.5) is 30.7 Å². The van der Waals surface area contributed by atoms with Gasteiger partial charge in [-0.2, -0.15) is 26.3 Å². The van der Waals surface area contributed by atoms with Crippen LogP contribution in [0.2, 0.25) is 5.02 Å². The fourth-order valence-electron chi connectivity index (χ4n) is 5.34. The topological polar surface area (TPSA) is 61.9 Å². The molecule has 0 radical (unpaired) electrons. The number of piperazine rings is 1. The highest BCUT2D eigenvalue weighted by Crippen LogP contribution is 2.42. The number of benzene rings is 3. The molecule has 0 bridgehead atoms. The third-order valence-electron chi connectivity index (χ3n) is 7.60. The van der Waals surface area contributed by atoms with Gasteiger partial charge in [-0.25, -0.2) is 4.39 Å². The van der Waals surface area contributed by atoms with Crippen LogP contribution in [0.1, 0.15) is 47.7 Å². The summed E-state index contributed by atoms with van der Waals surface area (Å²) in [6.07, 6.45) is -9.99. The van der Waals surface area contributed by atoms with Crippen molar-refractivity contribution >= 4 is 23.9 Å². The Bertz CT molecular complexity index is 1520. The number of ether oxygens (including phenoxy) is 1. The molecule has 1 aliphatic heterocycles. The van der Waals surface area contributed by atoms with Gasteiger partial charge in [0, 0.05) is 42.3 Å². The van der Waals surface area contributed by atoms with E-state index in [0.29, 0.717) is 37.8 Å². The van der Waals surface area contributed by atoms with E-state index in [9.17, 15) is 40.3 Å². The maximum atomic E-state index is 13.9. The first-order chi connectivity index (χ1) is 21.1. The molecule has 3 atom stereocenters. The molecular weight excluding hydrogens is 631 g/mol. The van der Waals surface area contributed by atoms with Crippen molar-refractivity contribution in [3.63, 3.8) is 0 Å². The third-order valence-corrected chi connectivity index (χ3v) is 7.83. The van der Waals surface area contributed by atoms with Crippen molar-refractivity contribution in [1.82, 2.24) is 15.1 Å². The fraction of sp³-hybridized carbons (Fsp3) is 0.355. The van der Waals surface area contributed by atoms with E-state index in [1.807, 2.05) is 13.8 Å². The molecule has 242 valence electrons. The second kappa shape index (κ2) is 13.7. The number of carbonyl (C=O) groups is 2. The predicted octanol–water partition coefficient (Wildman–Crippen LogP) is 6.85. The van der Waals surface area contributed by atoms with Crippen molar-refractivity contribution in [3.05, 3.63) is 99.3 Å². The van der Waals surface area contributed by atoms with Gasteiger partial charge in [0.2, 0.25) is 6.41 Å². The number of rotatable bonds is 9. The molecule has 0 spiro atoms. The number of amides is 2. The van der Waals surface area contributed by atoms with E-state index in [0.717, 1.165) is 11.6 Å². The zero-order chi connectivity index (χ0) is 33.1. The third kappa shape index (κ3) is 8.26. The molecule has 1 unspecified atom stereocenters. The van der Waals surface area contributed by atoms with Gasteiger partial charge < -0.3 is 15.0 Å². The van der Waals surface area contributed by atoms with Crippen LogP contribution in [0, 0.1) is 5.82 Å². The van der Waals surface area contributed by atoms with Crippen molar-refractivity contribution < 1.29 is 45.1 Å². The second-order valence-electron chi connectivity index (χ2n) is 10.8. The largest absolute Gasteiger partial charge is 0.483 e. The summed E-state index contributed by atoms with van der Waals surface area (Å²) in [5.74, 6) is -0.941. The molecule has 1 fully saturated rings. The van der Waals surface area contributed by atoms with Crippen LogP contribution in [0.3, 0.4) is 0 Å². The molecule has 0 aliphatic carbocycles. The lowest BCUT2D eigenvalue weighted by Gasteiger charge is -2.44. The quantitative estimate of drug-likeness (QED) is 0.202. The van der Waals surface area contributed by atoms with Crippen LogP contribution in [-0.2, 0) is 28.5 Å². The van der Waals surface area contributed by atoms with Crippen LogP contribution in [0.15, 0.2) is 60.7 Å². The molecule has 2 amide bonds. The highest BCUT2D eigenvalue weighted by atomic mass is 35.5. The lowest BCUT2D eigenvalue weighted by atomic mass is 9.91. The van der Waals surface area contributed by atoms with Gasteiger partial charge in [0.05, 0.1) is 17.2 Å². The Morgan fingerprint density at radius 2 is 1.64 bits per heavy atom. The molecule has 4 rings (SSSR count). The Balaban J connectivity index is 1.57. The molecule has 45 heavy (non-hydrogen) atoms. The maximum absolute atomic E-state index is 13.9. The Morgan fingerprint density at radius 3 is 2.27 bits per heavy atom. The van der Waals surface area contributed by atoms with Crippen molar-refractivity contribution in [2.75, 3.05) is 19.7 Å². The van der Waals surface area contributed by atoms with Gasteiger partial charge in [0.25, 0.3) is 5.91 Å². The van der Waals surface area contributed by atoms with Crippen molar-refractivity contribution in [2.45, 2.75) is 50.9 Å². The summed E-state index contributed by atoms with van der Waals surface area (Å²) in [5, 5.41) is 2.16. The van der Waals surface area contributed by atoms with E-state index >= 15 is 0 Å². The number of nitrogens with zero attached hydrogens (tertiary/aromatic N) is 2. The van der Waals surface area contributed by atoms with Gasteiger partial charge >= 0.3 is 12.4 Å². The first-order valence-electron chi connectivity index (χ1n) is 13.8. The Morgan fingerprint density at radius 1 is 0.956 bits per heavy atom. The molecule has 1 N–H and O–H groups in total. The average Bonchev–Trinajstić information content (AvgIpc) is 2.96. The van der Waals surface area contributed by atoms with Crippen LogP contribution < -0.4 is 10.1 Å². The Labute approximate surface area is 259 Å². The smallest absolute Gasteiger partial charge is 0.416 e. The fourth-order valence-corrected chi connectivity index (χ4v) is 5.52. The van der Waals surface area contributed by atoms with Gasteiger partial charge in [0.1, 0.15) is 11.6 Å². The molecule has 1 saturated heterocycles. The molecule has 0 saturated carbocycles. The van der Waals surface area contributed by atoms with Gasteiger partial charge in [0.15, 0.2) is 6.61 Å². The summed E-state index contributed by atoms with van der Waals surface area (Å²) in [6.45, 7) is 4.58. The SMILES string of the molecule is C[C@@H]1CN(Cc2ccc(F)cc2)[C@@H](C)CN1C(=O)COc1ccc(Cl)cc1C(NC=O)c1cc(C(F)(F)F)ccc1C(F)(F)F. The van der Waals surface area contributed by atoms with E-state index in [1.54, 1.807) is 17.0 Å². The number of carbonyl (C=O) groups excluding carboxylic acids is 2. The number of alkyl halides is 6. The standard InChI is InChI=1S/C31H29ClF7N3O3/c1-18-14-42(19(2)13-41(18)15-20-3-7-23(33)8-4-20)28(44)16-45-27-10-6-22(32)12-25(27)29(40-17-43)24-11-21(30(34,35)36)5-9-26(24)31(37,38)39/h3-12,17-19,29H,13-16H2,1-2H3,(H,40,43)/t18-,19+,29?/m0/s1. The van der Waals surface area contributed by atoms with E-state index in [2.05, 4.69) is 10.2 Å². The lowest BCUT2D eigenvalue weighted by molar-refractivity contribution is -0.142. The van der Waals surface area contributed by atoms with Crippen molar-refractivity contribution in [1.29, 1.82) is 0 Å². The number of hydrogen-bond acceptors (Lipinski definition) is 4. The molecule has 1 aliphatic rings. The van der Waals surface area contributed by atoms with Crippen molar-refractivity contribution in [2.24, 2.45) is 0 Å². The molecule has 0 aromatic heterocycles. The molecule has 3 aromatic carbocycles. The number of hydrogen-bond donors (Lipinski definition) is 1. The van der Waals surface area contributed by atoms with E-state index in [4.69, 9.17) is 16.3 Å². The Kier molecular flexibility index (Phi) is 10.3. The number of nitrogens with one attached hydrogen (secondary N) is 1. The van der Waals surface area contributed by atoms with Gasteiger partial charge in [-0.1, -0.05) is 23.7 Å². The molecule has 3 aromatic rings. The number of halogens is 8. The molecule has 1 heterocycles. The minimum absolute atomic E-state index is 0.00151. The van der Waals surface area contributed by atoms with Crippen LogP contribution >= 0.6 is 11.6 Å². The highest BCUT2D eigenvalue weighted by Gasteiger charge is 2.40. The first-order valence-corrected chi connectivity index (χ1v) is 14.1. The normalized spacial score (nSPS) is 18.4. The van der Waals surface area contributed by atoms with Gasteiger partial charge in [-0.3, -0.25) is 14.5 Å². The summed E-state index contributed by atoms with van der Waals surface area (Å²) in [6, 6.07) is 8.68. The summed E-state index contributed by atoms with van der Waals surface area (Å²) in [7, 11) is 0. The minimum Gasteiger partial charge on any atom is -0.483 e. The van der Waals surface area contributed by atoms with Crippen LogP contribution in [0.25, 0.3) is 0 Å². The van der Waals surface area contributed by atoms with Crippen LogP contribution in [0.5, 0.6) is 5.75 Å². The van der Waals surface area contributed by atoms with E-state index in [1.165, 1.54) is 24.3 Å². The summed E-state index contributed by atoms with van der Waals surface area (Å²) in [5.41, 5.74) is -2.93. The summed E-state index contributed by atoms with van der Waals surface area (Å²) in [4.78, 5) is 28.5. The van der Waals surface area contributed by atoms with Crippen LogP contribution in [-0.4, -0.2) is 53.9 Å². The first kappa shape index (κ1) is 34.0. The minimum atomic E-state index is -5.07. The monoisotopic (exact) mass is 659 g/mol.